The van der Waals surface area contributed by atoms with Crippen molar-refractivity contribution in [1.29, 1.82) is 0 Å². The highest BCUT2D eigenvalue weighted by Gasteiger charge is 2.10. The summed E-state index contributed by atoms with van der Waals surface area (Å²) in [4.78, 5) is 0. The fourth-order valence-electron chi connectivity index (χ4n) is 1.43. The molecule has 0 radical (unpaired) electrons. The van der Waals surface area contributed by atoms with Gasteiger partial charge in [0.1, 0.15) is 11.6 Å². The molecule has 0 bridgehead atoms. The predicted octanol–water partition coefficient (Wildman–Crippen LogP) is 2.55. The predicted molar refractivity (Wildman–Crippen MR) is 75.9 cm³/mol. The third kappa shape index (κ3) is 6.13. The van der Waals surface area contributed by atoms with Gasteiger partial charge in [0.15, 0.2) is 0 Å². The largest absolute Gasteiger partial charge is 0.389 e. The normalized spacial score (nSPS) is 12.4. The van der Waals surface area contributed by atoms with Crippen LogP contribution in [0.3, 0.4) is 0 Å². The minimum Gasteiger partial charge on any atom is -0.389 e. The Hall–Kier alpha value is -0.760. The summed E-state index contributed by atoms with van der Waals surface area (Å²) in [5, 5.41) is 12.3. The summed E-state index contributed by atoms with van der Waals surface area (Å²) in [5.74, 6) is -1.39. The van der Waals surface area contributed by atoms with E-state index in [2.05, 4.69) is 21.2 Å². The van der Waals surface area contributed by atoms with Gasteiger partial charge in [0.2, 0.25) is 0 Å². The molecule has 1 rings (SSSR count). The van der Waals surface area contributed by atoms with E-state index >= 15 is 0 Å². The average molecular weight is 354 g/mol. The van der Waals surface area contributed by atoms with Crippen molar-refractivity contribution in [2.45, 2.75) is 13.0 Å². The Morgan fingerprint density at radius 3 is 2.65 bits per heavy atom. The smallest absolute Gasteiger partial charge is 0.149 e. The van der Waals surface area contributed by atoms with Gasteiger partial charge in [0, 0.05) is 19.2 Å². The monoisotopic (exact) mass is 353 g/mol. The van der Waals surface area contributed by atoms with Crippen LogP contribution in [0.5, 0.6) is 0 Å². The van der Waals surface area contributed by atoms with Crippen molar-refractivity contribution in [1.82, 2.24) is 0 Å². The van der Waals surface area contributed by atoms with Gasteiger partial charge in [-0.25, -0.2) is 8.78 Å². The maximum atomic E-state index is 13.4. The van der Waals surface area contributed by atoms with Crippen LogP contribution >= 0.6 is 15.9 Å². The van der Waals surface area contributed by atoms with E-state index in [4.69, 9.17) is 9.47 Å². The maximum absolute atomic E-state index is 13.4. The van der Waals surface area contributed by atoms with Gasteiger partial charge < -0.3 is 19.9 Å². The quantitative estimate of drug-likeness (QED) is 0.529. The van der Waals surface area contributed by atoms with Crippen LogP contribution in [0, 0.1) is 11.6 Å². The van der Waals surface area contributed by atoms with E-state index < -0.39 is 17.7 Å². The highest BCUT2D eigenvalue weighted by atomic mass is 79.9. The molecule has 0 aliphatic heterocycles. The van der Waals surface area contributed by atoms with Crippen LogP contribution in [-0.2, 0) is 9.47 Å². The maximum Gasteiger partial charge on any atom is 0.149 e. The second-order valence-corrected chi connectivity index (χ2v) is 4.91. The molecule has 2 N–H and O–H groups in total. The first-order valence-corrected chi connectivity index (χ1v) is 7.05. The lowest BCUT2D eigenvalue weighted by Crippen LogP contribution is -2.26. The van der Waals surface area contributed by atoms with Crippen molar-refractivity contribution in [3.8, 4) is 0 Å². The number of hydrogen-bond donors (Lipinski definition) is 2. The molecule has 7 heteroatoms. The summed E-state index contributed by atoms with van der Waals surface area (Å²) in [5.41, 5.74) is 0.117. The van der Waals surface area contributed by atoms with Gasteiger partial charge in [0.05, 0.1) is 36.1 Å². The van der Waals surface area contributed by atoms with Crippen LogP contribution in [0.4, 0.5) is 14.5 Å². The molecule has 1 atom stereocenters. The fraction of sp³-hybridized carbons (Fsp3) is 0.538. The summed E-state index contributed by atoms with van der Waals surface area (Å²) in [6.45, 7) is 3.57. The van der Waals surface area contributed by atoms with Crippen molar-refractivity contribution >= 4 is 21.6 Å². The topological polar surface area (TPSA) is 50.7 Å². The standard InChI is InChI=1S/C13H18BrF2NO3/c1-2-19-3-4-20-8-9(18)7-17-13-5-10(14)11(15)6-12(13)16/h5-6,9,17-18H,2-4,7-8H2,1H3. The van der Waals surface area contributed by atoms with Gasteiger partial charge in [-0.1, -0.05) is 0 Å². The molecule has 0 fully saturated rings. The van der Waals surface area contributed by atoms with E-state index in [0.29, 0.717) is 19.8 Å². The van der Waals surface area contributed by atoms with Crippen molar-refractivity contribution in [3.63, 3.8) is 0 Å². The molecule has 1 aromatic rings. The molecule has 114 valence electrons. The number of aliphatic hydroxyl groups excluding tert-OH is 1. The minimum atomic E-state index is -0.792. The Bertz CT molecular complexity index is 421. The Balaban J connectivity index is 2.30. The number of hydrogen-bond acceptors (Lipinski definition) is 4. The third-order valence-electron chi connectivity index (χ3n) is 2.42. The Kier molecular flexibility index (Phi) is 7.98. The van der Waals surface area contributed by atoms with Gasteiger partial charge in [0.25, 0.3) is 0 Å². The molecule has 20 heavy (non-hydrogen) atoms. The van der Waals surface area contributed by atoms with E-state index in [0.717, 1.165) is 6.07 Å². The van der Waals surface area contributed by atoms with E-state index in [9.17, 15) is 13.9 Å². The van der Waals surface area contributed by atoms with E-state index in [1.807, 2.05) is 6.92 Å². The molecule has 0 heterocycles. The second kappa shape index (κ2) is 9.23. The first kappa shape index (κ1) is 17.3. The molecular formula is C13H18BrF2NO3. The van der Waals surface area contributed by atoms with E-state index in [-0.39, 0.29) is 23.3 Å². The van der Waals surface area contributed by atoms with Gasteiger partial charge in [-0.2, -0.15) is 0 Å². The third-order valence-corrected chi connectivity index (χ3v) is 3.03. The summed E-state index contributed by atoms with van der Waals surface area (Å²) >= 11 is 2.97. The van der Waals surface area contributed by atoms with Crippen LogP contribution in [-0.4, -0.2) is 44.2 Å². The molecule has 0 saturated carbocycles. The van der Waals surface area contributed by atoms with Crippen LogP contribution in [0.2, 0.25) is 0 Å². The molecule has 0 spiro atoms. The summed E-state index contributed by atoms with van der Waals surface area (Å²) in [7, 11) is 0. The van der Waals surface area contributed by atoms with Crippen molar-refractivity contribution in [2.24, 2.45) is 0 Å². The van der Waals surface area contributed by atoms with Crippen LogP contribution in [0.25, 0.3) is 0 Å². The van der Waals surface area contributed by atoms with Gasteiger partial charge >= 0.3 is 0 Å². The van der Waals surface area contributed by atoms with Crippen molar-refractivity contribution in [2.75, 3.05) is 38.3 Å². The zero-order valence-electron chi connectivity index (χ0n) is 11.2. The molecule has 1 unspecified atom stereocenters. The molecule has 0 saturated heterocycles. The number of aliphatic hydroxyl groups is 1. The van der Waals surface area contributed by atoms with Crippen LogP contribution in [0.15, 0.2) is 16.6 Å². The van der Waals surface area contributed by atoms with Gasteiger partial charge in [-0.3, -0.25) is 0 Å². The molecule has 0 aliphatic rings. The second-order valence-electron chi connectivity index (χ2n) is 4.05. The molecule has 0 aromatic heterocycles. The van der Waals surface area contributed by atoms with Gasteiger partial charge in [-0.05, 0) is 28.9 Å². The molecular weight excluding hydrogens is 336 g/mol. The Morgan fingerprint density at radius 1 is 1.25 bits per heavy atom. The average Bonchev–Trinajstić information content (AvgIpc) is 2.41. The molecule has 0 amide bonds. The number of benzene rings is 1. The number of rotatable bonds is 9. The molecule has 1 aromatic carbocycles. The van der Waals surface area contributed by atoms with E-state index in [1.165, 1.54) is 6.07 Å². The number of halogens is 3. The summed E-state index contributed by atoms with van der Waals surface area (Å²) in [6, 6.07) is 2.06. The van der Waals surface area contributed by atoms with Gasteiger partial charge in [-0.15, -0.1) is 0 Å². The highest BCUT2D eigenvalue weighted by Crippen LogP contribution is 2.23. The summed E-state index contributed by atoms with van der Waals surface area (Å²) < 4.78 is 36.9. The zero-order chi connectivity index (χ0) is 15.0. The Morgan fingerprint density at radius 2 is 1.95 bits per heavy atom. The first-order valence-electron chi connectivity index (χ1n) is 6.26. The van der Waals surface area contributed by atoms with Crippen molar-refractivity contribution in [3.05, 3.63) is 28.2 Å². The van der Waals surface area contributed by atoms with Crippen LogP contribution in [0.1, 0.15) is 6.92 Å². The molecule has 0 aliphatic carbocycles. The number of nitrogens with one attached hydrogen (secondary N) is 1. The minimum absolute atomic E-state index is 0.101. The highest BCUT2D eigenvalue weighted by molar-refractivity contribution is 9.10. The van der Waals surface area contributed by atoms with Crippen molar-refractivity contribution < 1.29 is 23.4 Å². The lowest BCUT2D eigenvalue weighted by Gasteiger charge is -2.14. The number of anilines is 1. The van der Waals surface area contributed by atoms with Crippen LogP contribution < -0.4 is 5.32 Å². The van der Waals surface area contributed by atoms with E-state index in [1.54, 1.807) is 0 Å². The Labute approximate surface area is 125 Å². The zero-order valence-corrected chi connectivity index (χ0v) is 12.8. The SMILES string of the molecule is CCOCCOCC(O)CNc1cc(Br)c(F)cc1F. The fourth-order valence-corrected chi connectivity index (χ4v) is 1.77. The lowest BCUT2D eigenvalue weighted by molar-refractivity contribution is 0.0103. The number of ether oxygens (including phenoxy) is 2. The summed E-state index contributed by atoms with van der Waals surface area (Å²) in [6.07, 6.45) is -0.792. The lowest BCUT2D eigenvalue weighted by atomic mass is 10.2. The first-order chi connectivity index (χ1) is 9.54. The molecule has 4 nitrogen and oxygen atoms in total.